The molecule has 3 heteroatoms. The van der Waals surface area contributed by atoms with Gasteiger partial charge in [-0.15, -0.1) is 0 Å². The number of nitrogens with zero attached hydrogens (tertiary/aromatic N) is 1. The second kappa shape index (κ2) is 4.30. The molecule has 0 spiro atoms. The van der Waals surface area contributed by atoms with E-state index in [1.165, 1.54) is 12.0 Å². The molecule has 0 saturated heterocycles. The standard InChI is InChI=1S/C11H14N2O/c12-6-2-7-13-10-3-1-4-11-9(10)5-8-14-11/h5,8,10,13H,1-4,7H2. The first kappa shape index (κ1) is 9.29. The largest absolute Gasteiger partial charge is 0.469 e. The molecule has 0 aliphatic heterocycles. The van der Waals surface area contributed by atoms with Gasteiger partial charge in [-0.25, -0.2) is 0 Å². The molecule has 1 aliphatic rings. The highest BCUT2D eigenvalue weighted by Crippen LogP contribution is 2.30. The molecule has 0 radical (unpaired) electrons. The molecule has 1 aromatic heterocycles. The first-order valence-electron chi connectivity index (χ1n) is 5.08. The van der Waals surface area contributed by atoms with Gasteiger partial charge in [0.1, 0.15) is 5.76 Å². The third-order valence-electron chi connectivity index (χ3n) is 2.68. The number of furan rings is 1. The third-order valence-corrected chi connectivity index (χ3v) is 2.68. The van der Waals surface area contributed by atoms with Crippen molar-refractivity contribution in [2.75, 3.05) is 6.54 Å². The number of fused-ring (bicyclic) bond motifs is 1. The maximum atomic E-state index is 8.44. The number of hydrogen-bond donors (Lipinski definition) is 1. The summed E-state index contributed by atoms with van der Waals surface area (Å²) in [4.78, 5) is 0. The summed E-state index contributed by atoms with van der Waals surface area (Å²) >= 11 is 0. The summed E-state index contributed by atoms with van der Waals surface area (Å²) in [6.45, 7) is 0.770. The van der Waals surface area contributed by atoms with E-state index >= 15 is 0 Å². The monoisotopic (exact) mass is 190 g/mol. The minimum Gasteiger partial charge on any atom is -0.469 e. The Morgan fingerprint density at radius 3 is 3.43 bits per heavy atom. The summed E-state index contributed by atoms with van der Waals surface area (Å²) in [5.74, 6) is 1.12. The molecular formula is C11H14N2O. The second-order valence-corrected chi connectivity index (χ2v) is 3.61. The van der Waals surface area contributed by atoms with Crippen LogP contribution in [0.4, 0.5) is 0 Å². The summed E-state index contributed by atoms with van der Waals surface area (Å²) in [5, 5.41) is 11.8. The molecule has 0 saturated carbocycles. The van der Waals surface area contributed by atoms with Crippen molar-refractivity contribution in [3.05, 3.63) is 23.7 Å². The number of hydrogen-bond acceptors (Lipinski definition) is 3. The zero-order chi connectivity index (χ0) is 9.80. The topological polar surface area (TPSA) is 49.0 Å². The minimum absolute atomic E-state index is 0.394. The van der Waals surface area contributed by atoms with Crippen LogP contribution in [0.3, 0.4) is 0 Å². The Bertz CT molecular complexity index is 337. The molecule has 1 heterocycles. The Morgan fingerprint density at radius 1 is 1.64 bits per heavy atom. The summed E-state index contributed by atoms with van der Waals surface area (Å²) in [5.41, 5.74) is 1.29. The number of rotatable bonds is 3. The molecule has 14 heavy (non-hydrogen) atoms. The fourth-order valence-corrected chi connectivity index (χ4v) is 2.00. The van der Waals surface area contributed by atoms with E-state index in [-0.39, 0.29) is 0 Å². The molecule has 1 unspecified atom stereocenters. The molecule has 1 aromatic rings. The molecule has 0 fully saturated rings. The highest BCUT2D eigenvalue weighted by atomic mass is 16.3. The van der Waals surface area contributed by atoms with Gasteiger partial charge in [-0.3, -0.25) is 0 Å². The van der Waals surface area contributed by atoms with Gasteiger partial charge < -0.3 is 9.73 Å². The Morgan fingerprint density at radius 2 is 2.57 bits per heavy atom. The quantitative estimate of drug-likeness (QED) is 0.743. The average Bonchev–Trinajstić information content (AvgIpc) is 2.67. The first-order chi connectivity index (χ1) is 6.92. The Balaban J connectivity index is 1.99. The van der Waals surface area contributed by atoms with Crippen LogP contribution >= 0.6 is 0 Å². The van der Waals surface area contributed by atoms with Gasteiger partial charge >= 0.3 is 0 Å². The van der Waals surface area contributed by atoms with Crippen molar-refractivity contribution in [3.63, 3.8) is 0 Å². The van der Waals surface area contributed by atoms with Gasteiger partial charge in [-0.1, -0.05) is 0 Å². The van der Waals surface area contributed by atoms with Crippen LogP contribution in [0.1, 0.15) is 36.6 Å². The van der Waals surface area contributed by atoms with Crippen molar-refractivity contribution in [2.24, 2.45) is 0 Å². The number of aryl methyl sites for hydroxylation is 1. The van der Waals surface area contributed by atoms with Crippen molar-refractivity contribution in [3.8, 4) is 6.07 Å². The van der Waals surface area contributed by atoms with Crippen LogP contribution in [0.25, 0.3) is 0 Å². The lowest BCUT2D eigenvalue weighted by Gasteiger charge is -2.22. The molecule has 3 nitrogen and oxygen atoms in total. The van der Waals surface area contributed by atoms with Crippen LogP contribution in [0.15, 0.2) is 16.7 Å². The van der Waals surface area contributed by atoms with Crippen molar-refractivity contribution >= 4 is 0 Å². The van der Waals surface area contributed by atoms with Gasteiger partial charge in [-0.2, -0.15) is 5.26 Å². The van der Waals surface area contributed by atoms with E-state index in [1.807, 2.05) is 6.07 Å². The lowest BCUT2D eigenvalue weighted by molar-refractivity contribution is 0.414. The van der Waals surface area contributed by atoms with Gasteiger partial charge in [0.2, 0.25) is 0 Å². The van der Waals surface area contributed by atoms with Gasteiger partial charge in [0.25, 0.3) is 0 Å². The Labute approximate surface area is 83.7 Å². The molecule has 0 aromatic carbocycles. The van der Waals surface area contributed by atoms with Crippen molar-refractivity contribution in [2.45, 2.75) is 31.7 Å². The third kappa shape index (κ3) is 1.80. The smallest absolute Gasteiger partial charge is 0.108 e. The van der Waals surface area contributed by atoms with Gasteiger partial charge in [0.15, 0.2) is 0 Å². The lowest BCUT2D eigenvalue weighted by Crippen LogP contribution is -2.25. The Kier molecular flexibility index (Phi) is 2.85. The molecule has 2 rings (SSSR count). The maximum absolute atomic E-state index is 8.44. The second-order valence-electron chi connectivity index (χ2n) is 3.61. The van der Waals surface area contributed by atoms with Crippen molar-refractivity contribution in [1.82, 2.24) is 5.32 Å². The molecule has 0 bridgehead atoms. The highest BCUT2D eigenvalue weighted by molar-refractivity contribution is 5.23. The van der Waals surface area contributed by atoms with Crippen molar-refractivity contribution in [1.29, 1.82) is 5.26 Å². The molecule has 0 amide bonds. The van der Waals surface area contributed by atoms with E-state index in [4.69, 9.17) is 9.68 Å². The summed E-state index contributed by atoms with van der Waals surface area (Å²) < 4.78 is 5.39. The summed E-state index contributed by atoms with van der Waals surface area (Å²) in [6.07, 6.45) is 5.71. The highest BCUT2D eigenvalue weighted by Gasteiger charge is 2.21. The molecule has 1 N–H and O–H groups in total. The maximum Gasteiger partial charge on any atom is 0.108 e. The normalized spacial score (nSPS) is 20.1. The van der Waals surface area contributed by atoms with E-state index in [2.05, 4.69) is 11.4 Å². The van der Waals surface area contributed by atoms with Crippen LogP contribution in [-0.4, -0.2) is 6.54 Å². The summed E-state index contributed by atoms with van der Waals surface area (Å²) in [7, 11) is 0. The van der Waals surface area contributed by atoms with Crippen LogP contribution in [0.5, 0.6) is 0 Å². The van der Waals surface area contributed by atoms with E-state index < -0.39 is 0 Å². The fraction of sp³-hybridized carbons (Fsp3) is 0.545. The first-order valence-corrected chi connectivity index (χ1v) is 5.08. The van der Waals surface area contributed by atoms with Crippen LogP contribution in [0.2, 0.25) is 0 Å². The predicted octanol–water partition coefficient (Wildman–Crippen LogP) is 2.16. The SMILES string of the molecule is N#CCCNC1CCCc2occc21. The molecular weight excluding hydrogens is 176 g/mol. The Hall–Kier alpha value is -1.27. The fourth-order valence-electron chi connectivity index (χ4n) is 2.00. The van der Waals surface area contributed by atoms with Gasteiger partial charge in [-0.05, 0) is 18.9 Å². The average molecular weight is 190 g/mol. The van der Waals surface area contributed by atoms with Gasteiger partial charge in [0, 0.05) is 31.0 Å². The van der Waals surface area contributed by atoms with E-state index in [1.54, 1.807) is 6.26 Å². The van der Waals surface area contributed by atoms with Crippen LogP contribution in [-0.2, 0) is 6.42 Å². The predicted molar refractivity (Wildman–Crippen MR) is 52.6 cm³/mol. The van der Waals surface area contributed by atoms with E-state index in [0.717, 1.165) is 25.1 Å². The molecule has 74 valence electrons. The van der Waals surface area contributed by atoms with Gasteiger partial charge in [0.05, 0.1) is 12.3 Å². The van der Waals surface area contributed by atoms with Crippen molar-refractivity contribution < 1.29 is 4.42 Å². The van der Waals surface area contributed by atoms with Crippen LogP contribution in [0, 0.1) is 11.3 Å². The van der Waals surface area contributed by atoms with E-state index in [9.17, 15) is 0 Å². The number of nitriles is 1. The molecule has 1 aliphatic carbocycles. The summed E-state index contributed by atoms with van der Waals surface area (Å²) in [6, 6.07) is 4.57. The molecule has 1 atom stereocenters. The van der Waals surface area contributed by atoms with E-state index in [0.29, 0.717) is 12.5 Å². The lowest BCUT2D eigenvalue weighted by atomic mass is 9.93. The number of nitrogens with one attached hydrogen (secondary N) is 1. The zero-order valence-electron chi connectivity index (χ0n) is 8.12. The van der Waals surface area contributed by atoms with Crippen LogP contribution < -0.4 is 5.32 Å². The zero-order valence-corrected chi connectivity index (χ0v) is 8.12. The minimum atomic E-state index is 0.394.